The molecular formula is C25H25N3O4. The van der Waals surface area contributed by atoms with Crippen molar-refractivity contribution in [2.24, 2.45) is 0 Å². The number of para-hydroxylation sites is 1. The maximum absolute atomic E-state index is 12.9. The van der Waals surface area contributed by atoms with Crippen molar-refractivity contribution in [3.05, 3.63) is 78.9 Å². The van der Waals surface area contributed by atoms with Crippen LogP contribution in [0.15, 0.2) is 78.9 Å². The molecule has 7 nitrogen and oxygen atoms in total. The van der Waals surface area contributed by atoms with Crippen LogP contribution in [0.5, 0.6) is 17.2 Å². The number of hydrogen-bond acceptors (Lipinski definition) is 4. The highest BCUT2D eigenvalue weighted by molar-refractivity contribution is 5.99. The van der Waals surface area contributed by atoms with Gasteiger partial charge in [0.25, 0.3) is 0 Å². The molecular weight excluding hydrogens is 406 g/mol. The number of methoxy groups -OCH3 is 1. The number of urea groups is 1. The second-order valence-electron chi connectivity index (χ2n) is 7.44. The van der Waals surface area contributed by atoms with Crippen LogP contribution in [-0.4, -0.2) is 36.5 Å². The SMILES string of the molecule is COc1ccc(NC(=O)N2CCC[C@@H]2C(=O)Nc2ccc(Oc3ccccc3)cc2)cc1. The van der Waals surface area contributed by atoms with Crippen molar-refractivity contribution in [3.63, 3.8) is 0 Å². The van der Waals surface area contributed by atoms with Crippen LogP contribution in [0.4, 0.5) is 16.2 Å². The Morgan fingerprint density at radius 3 is 2.06 bits per heavy atom. The lowest BCUT2D eigenvalue weighted by Gasteiger charge is -2.24. The van der Waals surface area contributed by atoms with Gasteiger partial charge in [0.2, 0.25) is 5.91 Å². The van der Waals surface area contributed by atoms with Gasteiger partial charge in [-0.25, -0.2) is 4.79 Å². The van der Waals surface area contributed by atoms with Gasteiger partial charge in [0.05, 0.1) is 7.11 Å². The molecule has 1 atom stereocenters. The fourth-order valence-corrected chi connectivity index (χ4v) is 3.61. The van der Waals surface area contributed by atoms with Crippen LogP contribution >= 0.6 is 0 Å². The average Bonchev–Trinajstić information content (AvgIpc) is 3.32. The summed E-state index contributed by atoms with van der Waals surface area (Å²) in [4.78, 5) is 27.2. The van der Waals surface area contributed by atoms with Gasteiger partial charge in [-0.2, -0.15) is 0 Å². The molecule has 3 aromatic carbocycles. The molecule has 0 radical (unpaired) electrons. The Balaban J connectivity index is 1.35. The molecule has 1 heterocycles. The van der Waals surface area contributed by atoms with Crippen molar-refractivity contribution in [2.45, 2.75) is 18.9 Å². The first kappa shape index (κ1) is 21.2. The first-order chi connectivity index (χ1) is 15.6. The van der Waals surface area contributed by atoms with E-state index in [0.29, 0.717) is 35.8 Å². The van der Waals surface area contributed by atoms with E-state index in [2.05, 4.69) is 10.6 Å². The predicted molar refractivity (Wildman–Crippen MR) is 123 cm³/mol. The molecule has 4 rings (SSSR count). The molecule has 32 heavy (non-hydrogen) atoms. The Morgan fingerprint density at radius 1 is 0.812 bits per heavy atom. The van der Waals surface area contributed by atoms with Crippen molar-refractivity contribution in [1.82, 2.24) is 4.90 Å². The molecule has 164 valence electrons. The first-order valence-electron chi connectivity index (χ1n) is 10.5. The molecule has 0 saturated carbocycles. The minimum absolute atomic E-state index is 0.205. The summed E-state index contributed by atoms with van der Waals surface area (Å²) in [6, 6.07) is 22.9. The zero-order valence-electron chi connectivity index (χ0n) is 17.8. The average molecular weight is 431 g/mol. The number of hydrogen-bond donors (Lipinski definition) is 2. The van der Waals surface area contributed by atoms with Crippen LogP contribution in [0, 0.1) is 0 Å². The van der Waals surface area contributed by atoms with Gasteiger partial charge in [-0.1, -0.05) is 18.2 Å². The topological polar surface area (TPSA) is 79.9 Å². The van der Waals surface area contributed by atoms with Gasteiger partial charge in [-0.15, -0.1) is 0 Å². The van der Waals surface area contributed by atoms with Crippen molar-refractivity contribution in [2.75, 3.05) is 24.3 Å². The van der Waals surface area contributed by atoms with Crippen LogP contribution in [0.3, 0.4) is 0 Å². The summed E-state index contributed by atoms with van der Waals surface area (Å²) in [5, 5.41) is 5.76. The Kier molecular flexibility index (Phi) is 6.55. The molecule has 3 aromatic rings. The van der Waals surface area contributed by atoms with E-state index >= 15 is 0 Å². The number of ether oxygens (including phenoxy) is 2. The number of carbonyl (C=O) groups excluding carboxylic acids is 2. The van der Waals surface area contributed by atoms with Crippen molar-refractivity contribution in [1.29, 1.82) is 0 Å². The molecule has 0 aliphatic carbocycles. The highest BCUT2D eigenvalue weighted by Crippen LogP contribution is 2.25. The Labute approximate surface area is 187 Å². The third-order valence-electron chi connectivity index (χ3n) is 5.26. The van der Waals surface area contributed by atoms with Gasteiger partial charge in [0.1, 0.15) is 23.3 Å². The Bertz CT molecular complexity index is 1050. The van der Waals surface area contributed by atoms with Crippen molar-refractivity contribution in [3.8, 4) is 17.2 Å². The minimum atomic E-state index is -0.520. The van der Waals surface area contributed by atoms with E-state index < -0.39 is 6.04 Å². The van der Waals surface area contributed by atoms with E-state index in [1.807, 2.05) is 30.3 Å². The third-order valence-corrected chi connectivity index (χ3v) is 5.26. The molecule has 0 spiro atoms. The number of nitrogens with one attached hydrogen (secondary N) is 2. The number of likely N-dealkylation sites (tertiary alicyclic amines) is 1. The Morgan fingerprint density at radius 2 is 1.41 bits per heavy atom. The largest absolute Gasteiger partial charge is 0.497 e. The summed E-state index contributed by atoms with van der Waals surface area (Å²) in [7, 11) is 1.59. The third kappa shape index (κ3) is 5.18. The maximum atomic E-state index is 12.9. The van der Waals surface area contributed by atoms with Gasteiger partial charge in [-0.05, 0) is 73.5 Å². The van der Waals surface area contributed by atoms with Gasteiger partial charge >= 0.3 is 6.03 Å². The minimum Gasteiger partial charge on any atom is -0.497 e. The molecule has 1 aliphatic rings. The number of nitrogens with zero attached hydrogens (tertiary/aromatic N) is 1. The van der Waals surface area contributed by atoms with Gasteiger partial charge in [-0.3, -0.25) is 4.79 Å². The molecule has 0 aromatic heterocycles. The summed E-state index contributed by atoms with van der Waals surface area (Å²) >= 11 is 0. The maximum Gasteiger partial charge on any atom is 0.322 e. The fraction of sp³-hybridized carbons (Fsp3) is 0.200. The molecule has 0 bridgehead atoms. The first-order valence-corrected chi connectivity index (χ1v) is 10.5. The normalized spacial score (nSPS) is 15.2. The molecule has 1 aliphatic heterocycles. The molecule has 2 N–H and O–H groups in total. The van der Waals surface area contributed by atoms with E-state index in [-0.39, 0.29) is 11.9 Å². The molecule has 7 heteroatoms. The monoisotopic (exact) mass is 431 g/mol. The van der Waals surface area contributed by atoms with Gasteiger partial charge < -0.3 is 25.0 Å². The van der Waals surface area contributed by atoms with Crippen molar-refractivity contribution >= 4 is 23.3 Å². The summed E-state index contributed by atoms with van der Waals surface area (Å²) < 4.78 is 10.9. The zero-order valence-corrected chi connectivity index (χ0v) is 17.8. The number of benzene rings is 3. The zero-order chi connectivity index (χ0) is 22.3. The second-order valence-corrected chi connectivity index (χ2v) is 7.44. The summed E-state index contributed by atoms with van der Waals surface area (Å²) in [6.07, 6.45) is 1.40. The molecule has 1 fully saturated rings. The lowest BCUT2D eigenvalue weighted by molar-refractivity contribution is -0.119. The number of rotatable bonds is 6. The standard InChI is InChI=1S/C25H25N3O4/c1-31-20-13-9-19(10-14-20)27-25(30)28-17-5-8-23(28)24(29)26-18-11-15-22(16-12-18)32-21-6-3-2-4-7-21/h2-4,6-7,9-16,23H,5,8,17H2,1H3,(H,26,29)(H,27,30)/t23-/m1/s1. The summed E-state index contributed by atoms with van der Waals surface area (Å²) in [5.74, 6) is 1.93. The summed E-state index contributed by atoms with van der Waals surface area (Å²) in [6.45, 7) is 0.532. The molecule has 3 amide bonds. The quantitative estimate of drug-likeness (QED) is 0.568. The van der Waals surface area contributed by atoms with Crippen LogP contribution in [0.25, 0.3) is 0 Å². The van der Waals surface area contributed by atoms with E-state index in [1.165, 1.54) is 0 Å². The smallest absolute Gasteiger partial charge is 0.322 e. The van der Waals surface area contributed by atoms with E-state index in [1.54, 1.807) is 60.5 Å². The second kappa shape index (κ2) is 9.87. The van der Waals surface area contributed by atoms with E-state index in [0.717, 1.165) is 12.2 Å². The number of anilines is 2. The van der Waals surface area contributed by atoms with E-state index in [9.17, 15) is 9.59 Å². The lowest BCUT2D eigenvalue weighted by Crippen LogP contribution is -2.45. The highest BCUT2D eigenvalue weighted by Gasteiger charge is 2.34. The van der Waals surface area contributed by atoms with Gasteiger partial charge in [0.15, 0.2) is 0 Å². The van der Waals surface area contributed by atoms with Crippen LogP contribution in [0.2, 0.25) is 0 Å². The fourth-order valence-electron chi connectivity index (χ4n) is 3.61. The van der Waals surface area contributed by atoms with Crippen LogP contribution in [0.1, 0.15) is 12.8 Å². The van der Waals surface area contributed by atoms with Crippen molar-refractivity contribution < 1.29 is 19.1 Å². The molecule has 1 saturated heterocycles. The van der Waals surface area contributed by atoms with E-state index in [4.69, 9.17) is 9.47 Å². The lowest BCUT2D eigenvalue weighted by atomic mass is 10.2. The Hall–Kier alpha value is -4.00. The number of amides is 3. The summed E-state index contributed by atoms with van der Waals surface area (Å²) in [5.41, 5.74) is 1.30. The van der Waals surface area contributed by atoms with Gasteiger partial charge in [0, 0.05) is 17.9 Å². The molecule has 0 unspecified atom stereocenters. The predicted octanol–water partition coefficient (Wildman–Crippen LogP) is 5.12. The highest BCUT2D eigenvalue weighted by atomic mass is 16.5. The van der Waals surface area contributed by atoms with Crippen LogP contribution < -0.4 is 20.1 Å². The number of carbonyl (C=O) groups is 2. The van der Waals surface area contributed by atoms with Crippen LogP contribution in [-0.2, 0) is 4.79 Å².